The lowest BCUT2D eigenvalue weighted by molar-refractivity contribution is -0.121. The van der Waals surface area contributed by atoms with Gasteiger partial charge in [-0.25, -0.2) is 0 Å². The summed E-state index contributed by atoms with van der Waals surface area (Å²) in [6.07, 6.45) is 1.76. The average molecular weight is 320 g/mol. The first-order valence-electron chi connectivity index (χ1n) is 6.40. The Morgan fingerprint density at radius 1 is 1.48 bits per heavy atom. The van der Waals surface area contributed by atoms with Crippen LogP contribution in [-0.4, -0.2) is 29.3 Å². The number of anilines is 1. The molecule has 7 heteroatoms. The third kappa shape index (κ3) is 2.66. The van der Waals surface area contributed by atoms with Crippen LogP contribution in [0.25, 0.3) is 6.08 Å². The van der Waals surface area contributed by atoms with E-state index >= 15 is 0 Å². The first-order chi connectivity index (χ1) is 10.1. The second-order valence-electron chi connectivity index (χ2n) is 4.51. The lowest BCUT2D eigenvalue weighted by atomic mass is 10.1. The molecule has 5 nitrogen and oxygen atoms in total. The summed E-state index contributed by atoms with van der Waals surface area (Å²) in [5.74, 6) is 0.420. The summed E-state index contributed by atoms with van der Waals surface area (Å²) in [4.78, 5) is 25.7. The van der Waals surface area contributed by atoms with Crippen LogP contribution in [-0.2, 0) is 9.59 Å². The monoisotopic (exact) mass is 320 g/mol. The van der Waals surface area contributed by atoms with Crippen molar-refractivity contribution in [3.63, 3.8) is 0 Å². The Bertz CT molecular complexity index is 685. The van der Waals surface area contributed by atoms with E-state index in [1.807, 2.05) is 25.1 Å². The molecule has 0 spiro atoms. The fourth-order valence-corrected chi connectivity index (χ4v) is 3.27. The van der Waals surface area contributed by atoms with Crippen molar-refractivity contribution in [1.29, 1.82) is 0 Å². The fourth-order valence-electron chi connectivity index (χ4n) is 2.23. The van der Waals surface area contributed by atoms with Gasteiger partial charge in [0.05, 0.1) is 10.6 Å². The first kappa shape index (κ1) is 14.1. The minimum absolute atomic E-state index is 0.0633. The summed E-state index contributed by atoms with van der Waals surface area (Å²) < 4.78 is 5.87. The number of amides is 2. The lowest BCUT2D eigenvalue weighted by Gasteiger charge is -2.28. The Hall–Kier alpha value is -1.86. The minimum Gasteiger partial charge on any atom is -0.482 e. The van der Waals surface area contributed by atoms with Gasteiger partial charge in [-0.3, -0.25) is 9.59 Å². The average Bonchev–Trinajstić information content (AvgIpc) is 2.76. The van der Waals surface area contributed by atoms with Crippen molar-refractivity contribution in [2.24, 2.45) is 0 Å². The lowest BCUT2D eigenvalue weighted by Crippen LogP contribution is -2.38. The van der Waals surface area contributed by atoms with Crippen molar-refractivity contribution in [3.8, 4) is 5.75 Å². The maximum absolute atomic E-state index is 11.8. The molecule has 2 aliphatic heterocycles. The van der Waals surface area contributed by atoms with Gasteiger partial charge in [-0.15, -0.1) is 0 Å². The van der Waals surface area contributed by atoms with Gasteiger partial charge < -0.3 is 15.0 Å². The molecular formula is C14H12N2O3S2. The summed E-state index contributed by atoms with van der Waals surface area (Å²) in [6.45, 7) is 2.55. The number of hydrogen-bond donors (Lipinski definition) is 1. The maximum Gasteiger partial charge on any atom is 0.265 e. The highest BCUT2D eigenvalue weighted by molar-refractivity contribution is 8.26. The van der Waals surface area contributed by atoms with Crippen LogP contribution in [0.15, 0.2) is 23.1 Å². The van der Waals surface area contributed by atoms with Gasteiger partial charge in [-0.05, 0) is 30.7 Å². The van der Waals surface area contributed by atoms with Crippen LogP contribution in [0.5, 0.6) is 5.75 Å². The number of nitrogens with zero attached hydrogens (tertiary/aromatic N) is 1. The van der Waals surface area contributed by atoms with Crippen LogP contribution in [0.4, 0.5) is 5.69 Å². The Kier molecular flexibility index (Phi) is 3.69. The number of carbonyl (C=O) groups is 2. The molecule has 1 aromatic carbocycles. The van der Waals surface area contributed by atoms with Crippen LogP contribution in [0, 0.1) is 0 Å². The second kappa shape index (κ2) is 5.50. The van der Waals surface area contributed by atoms with Crippen molar-refractivity contribution in [2.45, 2.75) is 6.92 Å². The standard InChI is InChI=1S/C14H12N2O3S2/c1-2-16-9-5-8(3-4-10(9)19-7-12(16)17)6-11-13(18)15-14(20)21-11/h3-6H,2,7H2,1H3,(H,15,18,20). The summed E-state index contributed by atoms with van der Waals surface area (Å²) in [5.41, 5.74) is 1.56. The predicted octanol–water partition coefficient (Wildman–Crippen LogP) is 1.92. The topological polar surface area (TPSA) is 58.6 Å². The van der Waals surface area contributed by atoms with Crippen molar-refractivity contribution < 1.29 is 14.3 Å². The van der Waals surface area contributed by atoms with E-state index in [9.17, 15) is 9.59 Å². The van der Waals surface area contributed by atoms with E-state index in [-0.39, 0.29) is 18.4 Å². The van der Waals surface area contributed by atoms with Gasteiger partial charge in [0.25, 0.3) is 11.8 Å². The van der Waals surface area contributed by atoms with Crippen LogP contribution in [0.1, 0.15) is 12.5 Å². The number of fused-ring (bicyclic) bond motifs is 1. The third-order valence-corrected chi connectivity index (χ3v) is 4.34. The van der Waals surface area contributed by atoms with Crippen LogP contribution < -0.4 is 15.0 Å². The third-order valence-electron chi connectivity index (χ3n) is 3.18. The maximum atomic E-state index is 11.8. The molecular weight excluding hydrogens is 308 g/mol. The molecule has 0 atom stereocenters. The zero-order valence-corrected chi connectivity index (χ0v) is 12.8. The number of rotatable bonds is 2. The van der Waals surface area contributed by atoms with Gasteiger partial charge in [0.2, 0.25) is 0 Å². The Morgan fingerprint density at radius 2 is 2.29 bits per heavy atom. The van der Waals surface area contributed by atoms with Gasteiger partial charge in [-0.2, -0.15) is 0 Å². The zero-order chi connectivity index (χ0) is 15.0. The van der Waals surface area contributed by atoms with Gasteiger partial charge >= 0.3 is 0 Å². The van der Waals surface area contributed by atoms with Crippen molar-refractivity contribution in [3.05, 3.63) is 28.7 Å². The molecule has 0 radical (unpaired) electrons. The van der Waals surface area contributed by atoms with Crippen molar-refractivity contribution in [2.75, 3.05) is 18.1 Å². The highest BCUT2D eigenvalue weighted by Gasteiger charge is 2.25. The second-order valence-corrected chi connectivity index (χ2v) is 6.22. The van der Waals surface area contributed by atoms with E-state index < -0.39 is 0 Å². The number of hydrogen-bond acceptors (Lipinski definition) is 5. The van der Waals surface area contributed by atoms with Gasteiger partial charge in [0.1, 0.15) is 10.1 Å². The normalized spacial score (nSPS) is 19.6. The molecule has 108 valence electrons. The van der Waals surface area contributed by atoms with E-state index in [0.717, 1.165) is 11.3 Å². The molecule has 2 amide bonds. The molecule has 0 unspecified atom stereocenters. The molecule has 0 aliphatic carbocycles. The zero-order valence-electron chi connectivity index (χ0n) is 11.2. The highest BCUT2D eigenvalue weighted by atomic mass is 32.2. The number of likely N-dealkylation sites (N-methyl/N-ethyl adjacent to an activating group) is 1. The minimum atomic E-state index is -0.192. The molecule has 0 saturated carbocycles. The van der Waals surface area contributed by atoms with E-state index in [1.54, 1.807) is 11.0 Å². The number of carbonyl (C=O) groups excluding carboxylic acids is 2. The van der Waals surface area contributed by atoms with Crippen LogP contribution >= 0.6 is 24.0 Å². The Morgan fingerprint density at radius 3 is 2.95 bits per heavy atom. The smallest absolute Gasteiger partial charge is 0.265 e. The summed E-state index contributed by atoms with van der Waals surface area (Å²) >= 11 is 6.19. The van der Waals surface area contributed by atoms with E-state index in [2.05, 4.69) is 5.32 Å². The number of nitrogens with one attached hydrogen (secondary N) is 1. The Labute approximate surface area is 131 Å². The molecule has 1 saturated heterocycles. The summed E-state index contributed by atoms with van der Waals surface area (Å²) in [6, 6.07) is 5.51. The molecule has 2 aliphatic rings. The highest BCUT2D eigenvalue weighted by Crippen LogP contribution is 2.34. The van der Waals surface area contributed by atoms with Crippen molar-refractivity contribution in [1.82, 2.24) is 5.32 Å². The number of benzene rings is 1. The Balaban J connectivity index is 1.98. The number of ether oxygens (including phenoxy) is 1. The van der Waals surface area contributed by atoms with E-state index in [1.165, 1.54) is 11.8 Å². The molecule has 1 aromatic rings. The van der Waals surface area contributed by atoms with Crippen LogP contribution in [0.2, 0.25) is 0 Å². The number of thiocarbonyl (C=S) groups is 1. The van der Waals surface area contributed by atoms with Gasteiger partial charge in [0.15, 0.2) is 6.61 Å². The first-order valence-corrected chi connectivity index (χ1v) is 7.63. The molecule has 1 N–H and O–H groups in total. The largest absolute Gasteiger partial charge is 0.482 e. The molecule has 2 heterocycles. The molecule has 0 aromatic heterocycles. The SMILES string of the molecule is CCN1C(=O)COc2ccc(C=C3SC(=S)NC3=O)cc21. The predicted molar refractivity (Wildman–Crippen MR) is 86.3 cm³/mol. The molecule has 3 rings (SSSR count). The summed E-state index contributed by atoms with van der Waals surface area (Å²) in [5, 5.41) is 2.57. The van der Waals surface area contributed by atoms with Gasteiger partial charge in [-0.1, -0.05) is 30.0 Å². The van der Waals surface area contributed by atoms with Gasteiger partial charge in [0, 0.05) is 6.54 Å². The summed E-state index contributed by atoms with van der Waals surface area (Å²) in [7, 11) is 0. The van der Waals surface area contributed by atoms with Crippen LogP contribution in [0.3, 0.4) is 0 Å². The quantitative estimate of drug-likeness (QED) is 0.666. The van der Waals surface area contributed by atoms with E-state index in [4.69, 9.17) is 17.0 Å². The fraction of sp³-hybridized carbons (Fsp3) is 0.214. The number of thioether (sulfide) groups is 1. The molecule has 1 fully saturated rings. The van der Waals surface area contributed by atoms with Crippen molar-refractivity contribution >= 4 is 51.9 Å². The molecule has 21 heavy (non-hydrogen) atoms. The van der Waals surface area contributed by atoms with E-state index in [0.29, 0.717) is 21.5 Å². The molecule has 0 bridgehead atoms.